The van der Waals surface area contributed by atoms with Crippen LogP contribution in [0.5, 0.6) is 0 Å². The second-order valence-corrected chi connectivity index (χ2v) is 3.82. The molecule has 15 heavy (non-hydrogen) atoms. The number of likely N-dealkylation sites (N-methyl/N-ethyl adjacent to an activating group) is 1. The van der Waals surface area contributed by atoms with E-state index in [-0.39, 0.29) is 0 Å². The molecule has 4 heteroatoms. The van der Waals surface area contributed by atoms with Gasteiger partial charge < -0.3 is 15.2 Å². The van der Waals surface area contributed by atoms with Crippen LogP contribution in [0.15, 0.2) is 12.1 Å². The number of hydrazine groups is 1. The highest BCUT2D eigenvalue weighted by Crippen LogP contribution is 2.14. The van der Waals surface area contributed by atoms with Crippen molar-refractivity contribution in [3.63, 3.8) is 0 Å². The van der Waals surface area contributed by atoms with Crippen LogP contribution in [0, 0.1) is 12.1 Å². The Morgan fingerprint density at radius 2 is 1.93 bits per heavy atom. The van der Waals surface area contributed by atoms with Gasteiger partial charge in [0.05, 0.1) is 11.4 Å². The zero-order valence-corrected chi connectivity index (χ0v) is 8.95. The molecule has 0 aromatic heterocycles. The summed E-state index contributed by atoms with van der Waals surface area (Å²) >= 11 is 0. The van der Waals surface area contributed by atoms with Gasteiger partial charge in [-0.1, -0.05) is 0 Å². The lowest BCUT2D eigenvalue weighted by atomic mass is 10.2. The third-order valence-electron chi connectivity index (χ3n) is 2.73. The number of rotatable bonds is 2. The molecule has 0 radical (unpaired) electrons. The second kappa shape index (κ2) is 4.39. The molecule has 0 atom stereocenters. The van der Waals surface area contributed by atoms with E-state index in [9.17, 15) is 0 Å². The number of hydrogen-bond donors (Lipinski definition) is 2. The molecule has 0 unspecified atom stereocenters. The number of hydrogen-bond acceptors (Lipinski definition) is 4. The fourth-order valence-electron chi connectivity index (χ4n) is 1.69. The van der Waals surface area contributed by atoms with Gasteiger partial charge >= 0.3 is 0 Å². The molecule has 3 N–H and O–H groups in total. The standard InChI is InChI=1S/C11H16N4/c1-14-6-8-15(9-7-14)11-4-2-10(13-12)3-5-11/h2,4,13H,6-9,12H2,1H3. The largest absolute Gasteiger partial charge is 0.362 e. The molecule has 80 valence electrons. The van der Waals surface area contributed by atoms with Gasteiger partial charge in [0.15, 0.2) is 0 Å². The molecule has 1 saturated heterocycles. The highest BCUT2D eigenvalue weighted by molar-refractivity contribution is 5.49. The third-order valence-corrected chi connectivity index (χ3v) is 2.73. The van der Waals surface area contributed by atoms with E-state index >= 15 is 0 Å². The summed E-state index contributed by atoms with van der Waals surface area (Å²) < 4.78 is 0. The number of nitrogens with two attached hydrogens (primary N) is 1. The maximum atomic E-state index is 5.28. The van der Waals surface area contributed by atoms with Crippen LogP contribution in [0.1, 0.15) is 0 Å². The minimum atomic E-state index is 0.771. The van der Waals surface area contributed by atoms with Gasteiger partial charge in [0, 0.05) is 26.2 Å². The Labute approximate surface area is 90.6 Å². The second-order valence-electron chi connectivity index (χ2n) is 3.82. The average molecular weight is 204 g/mol. The Bertz CT molecular complexity index is 301. The Morgan fingerprint density at radius 3 is 2.47 bits per heavy atom. The fourth-order valence-corrected chi connectivity index (χ4v) is 1.69. The van der Waals surface area contributed by atoms with Gasteiger partial charge in [0.2, 0.25) is 0 Å². The summed E-state index contributed by atoms with van der Waals surface area (Å²) in [4.78, 5) is 4.65. The summed E-state index contributed by atoms with van der Waals surface area (Å²) in [6, 6.07) is 10.0. The molecule has 0 amide bonds. The number of anilines is 2. The van der Waals surface area contributed by atoms with Gasteiger partial charge in [-0.3, -0.25) is 0 Å². The van der Waals surface area contributed by atoms with E-state index in [1.165, 1.54) is 0 Å². The van der Waals surface area contributed by atoms with Crippen molar-refractivity contribution in [3.8, 4) is 0 Å². The normalized spacial score (nSPS) is 17.3. The lowest BCUT2D eigenvalue weighted by Gasteiger charge is -2.33. The van der Waals surface area contributed by atoms with Crippen molar-refractivity contribution in [1.29, 1.82) is 0 Å². The molecular formula is C11H16N4. The van der Waals surface area contributed by atoms with Crippen molar-refractivity contribution in [2.24, 2.45) is 5.84 Å². The van der Waals surface area contributed by atoms with Crippen molar-refractivity contribution >= 4 is 11.4 Å². The molecule has 1 heterocycles. The minimum Gasteiger partial charge on any atom is -0.362 e. The molecule has 0 aliphatic carbocycles. The first-order valence-electron chi connectivity index (χ1n) is 5.14. The first-order valence-corrected chi connectivity index (χ1v) is 5.14. The number of nitrogens with one attached hydrogen (secondary N) is 1. The van der Waals surface area contributed by atoms with Gasteiger partial charge in [0.25, 0.3) is 0 Å². The molecule has 1 aliphatic rings. The van der Waals surface area contributed by atoms with E-state index < -0.39 is 0 Å². The first-order chi connectivity index (χ1) is 7.29. The molecule has 0 spiro atoms. The Hall–Kier alpha value is -1.44. The highest BCUT2D eigenvalue weighted by Gasteiger charge is 2.13. The first kappa shape index (κ1) is 10.1. The van der Waals surface area contributed by atoms with Gasteiger partial charge in [-0.25, -0.2) is 5.84 Å². The summed E-state index contributed by atoms with van der Waals surface area (Å²) in [5, 5.41) is 0. The van der Waals surface area contributed by atoms with Crippen molar-refractivity contribution in [1.82, 2.24) is 4.90 Å². The van der Waals surface area contributed by atoms with Crippen LogP contribution in [0.3, 0.4) is 0 Å². The van der Waals surface area contributed by atoms with Crippen LogP contribution in [-0.2, 0) is 0 Å². The van der Waals surface area contributed by atoms with Gasteiger partial charge in [-0.05, 0) is 31.3 Å². The summed E-state index contributed by atoms with van der Waals surface area (Å²) in [6.45, 7) is 4.31. The molecule has 1 fully saturated rings. The quantitative estimate of drug-likeness (QED) is 0.538. The number of nitrogens with zero attached hydrogens (tertiary/aromatic N) is 2. The van der Waals surface area contributed by atoms with Gasteiger partial charge in [0.1, 0.15) is 0 Å². The smallest absolute Gasteiger partial charge is 0.0998 e. The van der Waals surface area contributed by atoms with Crippen LogP contribution in [0.2, 0.25) is 0 Å². The molecule has 1 aromatic rings. The van der Waals surface area contributed by atoms with Crippen molar-refractivity contribution < 1.29 is 0 Å². The van der Waals surface area contributed by atoms with Crippen molar-refractivity contribution in [2.45, 2.75) is 0 Å². The zero-order valence-electron chi connectivity index (χ0n) is 8.95. The highest BCUT2D eigenvalue weighted by atomic mass is 15.2. The van der Waals surface area contributed by atoms with Gasteiger partial charge in [-0.15, -0.1) is 0 Å². The van der Waals surface area contributed by atoms with E-state index in [4.69, 9.17) is 5.84 Å². The summed E-state index contributed by atoms with van der Waals surface area (Å²) in [6.07, 6.45) is 0. The molecule has 1 aromatic carbocycles. The minimum absolute atomic E-state index is 0.771. The van der Waals surface area contributed by atoms with E-state index in [2.05, 4.69) is 34.4 Å². The number of piperazine rings is 1. The van der Waals surface area contributed by atoms with Crippen molar-refractivity contribution in [2.75, 3.05) is 43.6 Å². The SMILES string of the molecule is CN1CCN(c2c#cc(NN)cc2)CC1. The molecule has 0 saturated carbocycles. The molecule has 0 bridgehead atoms. The van der Waals surface area contributed by atoms with Crippen LogP contribution in [0.4, 0.5) is 11.4 Å². The summed E-state index contributed by atoms with van der Waals surface area (Å²) in [5.74, 6) is 5.28. The molecular weight excluding hydrogens is 188 g/mol. The average Bonchev–Trinajstić information content (AvgIpc) is 2.30. The molecule has 1 aliphatic heterocycles. The maximum absolute atomic E-state index is 5.28. The van der Waals surface area contributed by atoms with E-state index in [0.717, 1.165) is 37.6 Å². The number of nitrogen functional groups attached to an aromatic ring is 1. The predicted molar refractivity (Wildman–Crippen MR) is 61.6 cm³/mol. The molecule has 2 rings (SSSR count). The Kier molecular flexibility index (Phi) is 2.95. The zero-order chi connectivity index (χ0) is 10.7. The monoisotopic (exact) mass is 204 g/mol. The van der Waals surface area contributed by atoms with E-state index in [1.807, 2.05) is 12.1 Å². The lowest BCUT2D eigenvalue weighted by Crippen LogP contribution is -2.44. The molecule has 4 nitrogen and oxygen atoms in total. The Morgan fingerprint density at radius 1 is 1.20 bits per heavy atom. The Balaban J connectivity index is 2.03. The maximum Gasteiger partial charge on any atom is 0.0998 e. The van der Waals surface area contributed by atoms with Crippen LogP contribution in [-0.4, -0.2) is 38.1 Å². The summed E-state index contributed by atoms with van der Waals surface area (Å²) in [5.41, 5.74) is 4.42. The van der Waals surface area contributed by atoms with Crippen molar-refractivity contribution in [3.05, 3.63) is 24.3 Å². The summed E-state index contributed by atoms with van der Waals surface area (Å²) in [7, 11) is 2.15. The topological polar surface area (TPSA) is 44.5 Å². The third kappa shape index (κ3) is 2.32. The van der Waals surface area contributed by atoms with E-state index in [1.54, 1.807) is 0 Å². The van der Waals surface area contributed by atoms with Crippen LogP contribution < -0.4 is 16.2 Å². The fraction of sp³-hybridized carbons (Fsp3) is 0.455. The lowest BCUT2D eigenvalue weighted by molar-refractivity contribution is 0.313. The van der Waals surface area contributed by atoms with Crippen LogP contribution >= 0.6 is 0 Å². The van der Waals surface area contributed by atoms with Gasteiger partial charge in [-0.2, -0.15) is 0 Å². The van der Waals surface area contributed by atoms with Crippen LogP contribution in [0.25, 0.3) is 0 Å². The van der Waals surface area contributed by atoms with E-state index in [0.29, 0.717) is 0 Å². The predicted octanol–water partition coefficient (Wildman–Crippen LogP) is 0.324.